The second-order valence-electron chi connectivity index (χ2n) is 6.68. The molecule has 1 N–H and O–H groups in total. The van der Waals surface area contributed by atoms with Crippen molar-refractivity contribution >= 4 is 47.0 Å². The largest absolute Gasteiger partial charge is 0.493 e. The molecule has 0 bridgehead atoms. The molecule has 1 aliphatic heterocycles. The molecule has 0 radical (unpaired) electrons. The normalized spacial score (nSPS) is 16.5. The predicted octanol–water partition coefficient (Wildman–Crippen LogP) is 3.75. The minimum Gasteiger partial charge on any atom is -0.493 e. The van der Waals surface area contributed by atoms with Crippen molar-refractivity contribution in [3.63, 3.8) is 0 Å². The maximum absolute atomic E-state index is 13.3. The maximum atomic E-state index is 13.3. The highest BCUT2D eigenvalue weighted by Gasteiger charge is 2.43. The van der Waals surface area contributed by atoms with E-state index >= 15 is 0 Å². The molecule has 0 aliphatic carbocycles. The number of thioether (sulfide) groups is 1. The van der Waals surface area contributed by atoms with E-state index in [9.17, 15) is 19.5 Å². The van der Waals surface area contributed by atoms with Crippen molar-refractivity contribution in [3.8, 4) is 11.5 Å². The Hall–Kier alpha value is -2.91. The van der Waals surface area contributed by atoms with E-state index in [0.717, 1.165) is 9.80 Å². The monoisotopic (exact) mass is 464 g/mol. The number of nitrogens with zero attached hydrogens (tertiary/aromatic N) is 2. The molecule has 1 unspecified atom stereocenters. The fourth-order valence-electron chi connectivity index (χ4n) is 3.38. The highest BCUT2D eigenvalue weighted by molar-refractivity contribution is 7.98. The highest BCUT2D eigenvalue weighted by Crippen LogP contribution is 2.35. The van der Waals surface area contributed by atoms with Gasteiger partial charge < -0.3 is 14.6 Å². The lowest BCUT2D eigenvalue weighted by molar-refractivity contribution is -0.150. The van der Waals surface area contributed by atoms with Gasteiger partial charge in [-0.15, -0.1) is 11.8 Å². The summed E-state index contributed by atoms with van der Waals surface area (Å²) in [7, 11) is 2.94. The smallest absolute Gasteiger partial charge is 0.331 e. The van der Waals surface area contributed by atoms with Gasteiger partial charge in [-0.3, -0.25) is 19.4 Å². The predicted molar refractivity (Wildman–Crippen MR) is 117 cm³/mol. The Balaban J connectivity index is 2.02. The Morgan fingerprint density at radius 1 is 1.19 bits per heavy atom. The van der Waals surface area contributed by atoms with E-state index in [1.807, 2.05) is 6.26 Å². The van der Waals surface area contributed by atoms with Crippen LogP contribution in [0.3, 0.4) is 0 Å². The van der Waals surface area contributed by atoms with Crippen molar-refractivity contribution in [3.05, 3.63) is 47.0 Å². The van der Waals surface area contributed by atoms with Crippen LogP contribution in [0.15, 0.2) is 41.3 Å². The number of methoxy groups -OCH3 is 2. The van der Waals surface area contributed by atoms with Gasteiger partial charge in [-0.05, 0) is 30.0 Å². The molecule has 0 saturated carbocycles. The molecule has 1 atom stereocenters. The molecular weight excluding hydrogens is 444 g/mol. The average Bonchev–Trinajstić information content (AvgIpc) is 2.76. The maximum Gasteiger partial charge on any atom is 0.331 e. The SMILES string of the molecule is COc1ccc(N2CC(C(=O)O)C(=O)N(Cc3cccc(Cl)c3SC)C2=O)cc1OC. The number of hydrogen-bond donors (Lipinski definition) is 1. The van der Waals surface area contributed by atoms with Crippen LogP contribution in [0.1, 0.15) is 5.56 Å². The zero-order valence-corrected chi connectivity index (χ0v) is 18.7. The third-order valence-electron chi connectivity index (χ3n) is 4.95. The minimum atomic E-state index is -1.40. The topological polar surface area (TPSA) is 96.4 Å². The Bertz CT molecular complexity index is 1030. The van der Waals surface area contributed by atoms with Crippen molar-refractivity contribution in [1.29, 1.82) is 0 Å². The van der Waals surface area contributed by atoms with Crippen molar-refractivity contribution < 1.29 is 29.0 Å². The molecule has 1 saturated heterocycles. The summed E-state index contributed by atoms with van der Waals surface area (Å²) in [5.74, 6) is -2.63. The molecule has 2 aromatic carbocycles. The van der Waals surface area contributed by atoms with Crippen molar-refractivity contribution in [2.24, 2.45) is 5.92 Å². The molecule has 3 rings (SSSR count). The number of urea groups is 1. The van der Waals surface area contributed by atoms with E-state index in [2.05, 4.69) is 0 Å². The summed E-state index contributed by atoms with van der Waals surface area (Å²) in [6.45, 7) is -0.383. The first-order chi connectivity index (χ1) is 14.8. The lowest BCUT2D eigenvalue weighted by Gasteiger charge is -2.37. The van der Waals surface area contributed by atoms with Crippen LogP contribution in [-0.2, 0) is 16.1 Å². The van der Waals surface area contributed by atoms with Gasteiger partial charge in [-0.25, -0.2) is 4.79 Å². The zero-order valence-electron chi connectivity index (χ0n) is 17.1. The number of anilines is 1. The number of carbonyl (C=O) groups excluding carboxylic acids is 2. The van der Waals surface area contributed by atoms with Gasteiger partial charge in [0, 0.05) is 23.2 Å². The second kappa shape index (κ2) is 9.49. The molecule has 31 heavy (non-hydrogen) atoms. The molecule has 8 nitrogen and oxygen atoms in total. The molecule has 0 spiro atoms. The average molecular weight is 465 g/mol. The van der Waals surface area contributed by atoms with Gasteiger partial charge in [-0.1, -0.05) is 23.7 Å². The summed E-state index contributed by atoms with van der Waals surface area (Å²) in [6, 6.07) is 9.35. The Morgan fingerprint density at radius 3 is 2.52 bits per heavy atom. The number of amides is 3. The number of halogens is 1. The van der Waals surface area contributed by atoms with Gasteiger partial charge in [0.05, 0.1) is 25.8 Å². The van der Waals surface area contributed by atoms with Gasteiger partial charge in [0.25, 0.3) is 0 Å². The second-order valence-corrected chi connectivity index (χ2v) is 7.90. The minimum absolute atomic E-state index is 0.0953. The van der Waals surface area contributed by atoms with Gasteiger partial charge in [-0.2, -0.15) is 0 Å². The fraction of sp³-hybridized carbons (Fsp3) is 0.286. The number of rotatable bonds is 7. The van der Waals surface area contributed by atoms with Crippen molar-refractivity contribution in [2.75, 3.05) is 31.9 Å². The van der Waals surface area contributed by atoms with Crippen LogP contribution in [0, 0.1) is 5.92 Å². The molecular formula is C21H21ClN2O6S. The quantitative estimate of drug-likeness (QED) is 0.492. The first-order valence-electron chi connectivity index (χ1n) is 9.21. The molecule has 1 heterocycles. The highest BCUT2D eigenvalue weighted by atomic mass is 35.5. The molecule has 3 amide bonds. The number of imide groups is 1. The van der Waals surface area contributed by atoms with Crippen LogP contribution >= 0.6 is 23.4 Å². The third-order valence-corrected chi connectivity index (χ3v) is 6.27. The van der Waals surface area contributed by atoms with Crippen molar-refractivity contribution in [2.45, 2.75) is 11.4 Å². The first-order valence-corrected chi connectivity index (χ1v) is 10.8. The van der Waals surface area contributed by atoms with Gasteiger partial charge in [0.1, 0.15) is 0 Å². The molecule has 1 fully saturated rings. The molecule has 164 valence electrons. The van der Waals surface area contributed by atoms with Crippen LogP contribution in [0.25, 0.3) is 0 Å². The number of ether oxygens (including phenoxy) is 2. The lowest BCUT2D eigenvalue weighted by atomic mass is 10.0. The summed E-state index contributed by atoms with van der Waals surface area (Å²) < 4.78 is 10.5. The number of aliphatic carboxylic acids is 1. The van der Waals surface area contributed by atoms with Gasteiger partial charge in [0.15, 0.2) is 17.4 Å². The summed E-state index contributed by atoms with van der Waals surface area (Å²) >= 11 is 7.63. The van der Waals surface area contributed by atoms with E-state index in [1.54, 1.807) is 36.4 Å². The summed E-state index contributed by atoms with van der Waals surface area (Å²) in [4.78, 5) is 40.9. The summed E-state index contributed by atoms with van der Waals surface area (Å²) in [5, 5.41) is 10.1. The third kappa shape index (κ3) is 4.42. The van der Waals surface area contributed by atoms with Crippen molar-refractivity contribution in [1.82, 2.24) is 4.90 Å². The van der Waals surface area contributed by atoms with Crippen LogP contribution in [0.4, 0.5) is 10.5 Å². The zero-order chi connectivity index (χ0) is 22.7. The molecule has 1 aliphatic rings. The van der Waals surface area contributed by atoms with Gasteiger partial charge >= 0.3 is 12.0 Å². The number of carboxylic acid groups (broad SMARTS) is 1. The Morgan fingerprint density at radius 2 is 1.90 bits per heavy atom. The van der Waals surface area contributed by atoms with E-state index in [1.165, 1.54) is 30.9 Å². The molecule has 0 aromatic heterocycles. The summed E-state index contributed by atoms with van der Waals surface area (Å²) in [5.41, 5.74) is 1.04. The number of benzene rings is 2. The first kappa shape index (κ1) is 22.8. The van der Waals surface area contributed by atoms with Crippen LogP contribution in [-0.4, -0.2) is 54.9 Å². The number of carboxylic acids is 1. The standard InChI is InChI=1S/C21H21ClN2O6S/c1-29-16-8-7-13(9-17(16)30-2)23-11-14(20(26)27)19(25)24(21(23)28)10-12-5-4-6-15(22)18(12)31-3/h4-9,14H,10-11H2,1-3H3,(H,26,27). The lowest BCUT2D eigenvalue weighted by Crippen LogP contribution is -2.58. The Kier molecular flexibility index (Phi) is 6.97. The number of carbonyl (C=O) groups is 3. The van der Waals surface area contributed by atoms with E-state index in [-0.39, 0.29) is 13.1 Å². The molecule has 2 aromatic rings. The number of hydrogen-bond acceptors (Lipinski definition) is 6. The molecule has 10 heteroatoms. The van der Waals surface area contributed by atoms with Crippen LogP contribution in [0.2, 0.25) is 5.02 Å². The Labute approximate surface area is 188 Å². The fourth-order valence-corrected chi connectivity index (χ4v) is 4.47. The van der Waals surface area contributed by atoms with E-state index in [4.69, 9.17) is 21.1 Å². The van der Waals surface area contributed by atoms with Crippen LogP contribution < -0.4 is 14.4 Å². The van der Waals surface area contributed by atoms with E-state index < -0.39 is 23.8 Å². The van der Waals surface area contributed by atoms with Gasteiger partial charge in [0.2, 0.25) is 5.91 Å². The summed E-state index contributed by atoms with van der Waals surface area (Å²) in [6.07, 6.45) is 1.83. The van der Waals surface area contributed by atoms with Crippen LogP contribution in [0.5, 0.6) is 11.5 Å². The van der Waals surface area contributed by atoms with E-state index in [0.29, 0.717) is 27.8 Å².